The van der Waals surface area contributed by atoms with Crippen LogP contribution in [-0.2, 0) is 17.1 Å². The van der Waals surface area contributed by atoms with Crippen molar-refractivity contribution in [2.45, 2.75) is 44.2 Å². The van der Waals surface area contributed by atoms with Crippen LogP contribution in [0.4, 0.5) is 0 Å². The van der Waals surface area contributed by atoms with Gasteiger partial charge in [0.1, 0.15) is 0 Å². The number of nitrogens with one attached hydrogen (secondary N) is 1. The standard InChI is InChI=1S/C14H26N4O2S/c1-14(2,3)15-10-12-6-5-9-18(11-12)21(19,20)13-7-8-16-17(13)4/h7-8,12,15H,5-6,9-11H2,1-4H3. The smallest absolute Gasteiger partial charge is 0.260 e. The average molecular weight is 314 g/mol. The topological polar surface area (TPSA) is 67.2 Å². The molecule has 0 bridgehead atoms. The Bertz CT molecular complexity index is 574. The molecule has 1 aromatic heterocycles. The number of hydrogen-bond acceptors (Lipinski definition) is 4. The molecular formula is C14H26N4O2S. The minimum absolute atomic E-state index is 0.0587. The molecule has 1 fully saturated rings. The summed E-state index contributed by atoms with van der Waals surface area (Å²) in [7, 11) is -1.77. The lowest BCUT2D eigenvalue weighted by Gasteiger charge is -2.33. The maximum absolute atomic E-state index is 12.7. The van der Waals surface area contributed by atoms with Crippen molar-refractivity contribution in [3.63, 3.8) is 0 Å². The summed E-state index contributed by atoms with van der Waals surface area (Å²) in [6, 6.07) is 1.56. The molecule has 0 saturated carbocycles. The number of aromatic nitrogens is 2. The molecule has 120 valence electrons. The van der Waals surface area contributed by atoms with Gasteiger partial charge in [-0.1, -0.05) is 0 Å². The molecule has 1 atom stereocenters. The van der Waals surface area contributed by atoms with E-state index in [-0.39, 0.29) is 10.6 Å². The molecule has 1 aliphatic heterocycles. The molecule has 21 heavy (non-hydrogen) atoms. The number of piperidine rings is 1. The molecule has 0 spiro atoms. The Morgan fingerprint density at radius 3 is 2.71 bits per heavy atom. The van der Waals surface area contributed by atoms with Crippen molar-refractivity contribution in [1.29, 1.82) is 0 Å². The number of sulfonamides is 1. The third-order valence-corrected chi connectivity index (χ3v) is 5.72. The van der Waals surface area contributed by atoms with E-state index in [4.69, 9.17) is 0 Å². The maximum Gasteiger partial charge on any atom is 0.260 e. The summed E-state index contributed by atoms with van der Waals surface area (Å²) in [4.78, 5) is 0. The Morgan fingerprint density at radius 2 is 2.14 bits per heavy atom. The zero-order chi connectivity index (χ0) is 15.7. The Hall–Kier alpha value is -0.920. The number of nitrogens with zero attached hydrogens (tertiary/aromatic N) is 3. The first kappa shape index (κ1) is 16.5. The van der Waals surface area contributed by atoms with Crippen LogP contribution in [0.2, 0.25) is 0 Å². The largest absolute Gasteiger partial charge is 0.312 e. The van der Waals surface area contributed by atoms with Crippen molar-refractivity contribution >= 4 is 10.0 Å². The average Bonchev–Trinajstić information content (AvgIpc) is 2.83. The zero-order valence-corrected chi connectivity index (χ0v) is 14.2. The molecule has 2 rings (SSSR count). The minimum atomic E-state index is -3.43. The lowest BCUT2D eigenvalue weighted by atomic mass is 9.98. The number of aryl methyl sites for hydroxylation is 1. The van der Waals surface area contributed by atoms with Gasteiger partial charge in [-0.15, -0.1) is 0 Å². The predicted octanol–water partition coefficient (Wildman–Crippen LogP) is 1.21. The lowest BCUT2D eigenvalue weighted by molar-refractivity contribution is 0.244. The van der Waals surface area contributed by atoms with Crippen molar-refractivity contribution in [3.8, 4) is 0 Å². The van der Waals surface area contributed by atoms with E-state index in [1.54, 1.807) is 17.4 Å². The summed E-state index contributed by atoms with van der Waals surface area (Å²) in [6.45, 7) is 8.40. The van der Waals surface area contributed by atoms with Gasteiger partial charge in [-0.3, -0.25) is 4.68 Å². The first-order chi connectivity index (χ1) is 9.70. The zero-order valence-electron chi connectivity index (χ0n) is 13.3. The van der Waals surface area contributed by atoms with Gasteiger partial charge in [0.2, 0.25) is 0 Å². The van der Waals surface area contributed by atoms with Crippen LogP contribution in [0.5, 0.6) is 0 Å². The molecule has 0 aliphatic carbocycles. The fourth-order valence-electron chi connectivity index (χ4n) is 2.61. The molecule has 1 unspecified atom stereocenters. The molecule has 1 saturated heterocycles. The highest BCUT2D eigenvalue weighted by Gasteiger charge is 2.32. The van der Waals surface area contributed by atoms with Gasteiger partial charge in [-0.05, 0) is 52.1 Å². The van der Waals surface area contributed by atoms with Crippen LogP contribution in [0.1, 0.15) is 33.6 Å². The molecule has 6 nitrogen and oxygen atoms in total. The van der Waals surface area contributed by atoms with E-state index in [0.717, 1.165) is 19.4 Å². The van der Waals surface area contributed by atoms with E-state index < -0.39 is 10.0 Å². The monoisotopic (exact) mass is 314 g/mol. The fraction of sp³-hybridized carbons (Fsp3) is 0.786. The predicted molar refractivity (Wildman–Crippen MR) is 82.4 cm³/mol. The number of hydrogen-bond donors (Lipinski definition) is 1. The van der Waals surface area contributed by atoms with Crippen molar-refractivity contribution in [2.24, 2.45) is 13.0 Å². The van der Waals surface area contributed by atoms with Crippen LogP contribution < -0.4 is 5.32 Å². The van der Waals surface area contributed by atoms with E-state index in [2.05, 4.69) is 31.2 Å². The maximum atomic E-state index is 12.7. The molecule has 1 N–H and O–H groups in total. The summed E-state index contributed by atoms with van der Waals surface area (Å²) in [5.74, 6) is 0.362. The molecular weight excluding hydrogens is 288 g/mol. The highest BCUT2D eigenvalue weighted by atomic mass is 32.2. The molecule has 2 heterocycles. The molecule has 0 radical (unpaired) electrons. The Kier molecular flexibility index (Phi) is 4.75. The lowest BCUT2D eigenvalue weighted by Crippen LogP contribution is -2.46. The van der Waals surface area contributed by atoms with Crippen molar-refractivity contribution < 1.29 is 8.42 Å². The second-order valence-corrected chi connectivity index (χ2v) is 8.68. The van der Waals surface area contributed by atoms with Crippen LogP contribution in [0.3, 0.4) is 0 Å². The van der Waals surface area contributed by atoms with Gasteiger partial charge >= 0.3 is 0 Å². The number of rotatable bonds is 4. The summed E-state index contributed by atoms with van der Waals surface area (Å²) in [6.07, 6.45) is 3.50. The van der Waals surface area contributed by atoms with Gasteiger partial charge in [0.05, 0.1) is 6.20 Å². The highest BCUT2D eigenvalue weighted by molar-refractivity contribution is 7.89. The van der Waals surface area contributed by atoms with Crippen molar-refractivity contribution in [2.75, 3.05) is 19.6 Å². The summed E-state index contributed by atoms with van der Waals surface area (Å²) < 4.78 is 28.3. The first-order valence-electron chi connectivity index (χ1n) is 7.43. The normalized spacial score (nSPS) is 21.6. The van der Waals surface area contributed by atoms with Gasteiger partial charge in [-0.25, -0.2) is 8.42 Å². The van der Waals surface area contributed by atoms with Gasteiger partial charge in [0, 0.05) is 25.7 Å². The van der Waals surface area contributed by atoms with E-state index >= 15 is 0 Å². The first-order valence-corrected chi connectivity index (χ1v) is 8.87. The molecule has 7 heteroatoms. The van der Waals surface area contributed by atoms with E-state index in [1.165, 1.54) is 10.9 Å². The SMILES string of the molecule is Cn1nccc1S(=O)(=O)N1CCCC(CNC(C)(C)C)C1. The summed E-state index contributed by atoms with van der Waals surface area (Å²) >= 11 is 0. The van der Waals surface area contributed by atoms with E-state index in [1.807, 2.05) is 0 Å². The van der Waals surface area contributed by atoms with Gasteiger partial charge in [0.25, 0.3) is 10.0 Å². The quantitative estimate of drug-likeness (QED) is 0.907. The second kappa shape index (κ2) is 6.06. The molecule has 1 aromatic rings. The van der Waals surface area contributed by atoms with Gasteiger partial charge in [-0.2, -0.15) is 9.40 Å². The highest BCUT2D eigenvalue weighted by Crippen LogP contribution is 2.23. The third kappa shape index (κ3) is 4.05. The van der Waals surface area contributed by atoms with Crippen LogP contribution >= 0.6 is 0 Å². The third-order valence-electron chi connectivity index (χ3n) is 3.78. The van der Waals surface area contributed by atoms with Crippen molar-refractivity contribution in [3.05, 3.63) is 12.3 Å². The minimum Gasteiger partial charge on any atom is -0.312 e. The molecule has 0 aromatic carbocycles. The Labute approximate surface area is 127 Å². The van der Waals surface area contributed by atoms with Crippen molar-refractivity contribution in [1.82, 2.24) is 19.4 Å². The summed E-state index contributed by atoms with van der Waals surface area (Å²) in [5, 5.41) is 7.70. The van der Waals surface area contributed by atoms with E-state index in [0.29, 0.717) is 19.0 Å². The van der Waals surface area contributed by atoms with Crippen LogP contribution in [0.25, 0.3) is 0 Å². The van der Waals surface area contributed by atoms with Gasteiger partial charge in [0.15, 0.2) is 5.03 Å². The second-order valence-electron chi connectivity index (χ2n) is 6.80. The van der Waals surface area contributed by atoms with Gasteiger partial charge < -0.3 is 5.32 Å². The van der Waals surface area contributed by atoms with Crippen LogP contribution in [0, 0.1) is 5.92 Å². The molecule has 1 aliphatic rings. The van der Waals surface area contributed by atoms with E-state index in [9.17, 15) is 8.42 Å². The van der Waals surface area contributed by atoms with Crippen LogP contribution in [0.15, 0.2) is 17.3 Å². The Balaban J connectivity index is 2.06. The Morgan fingerprint density at radius 1 is 1.43 bits per heavy atom. The summed E-state index contributed by atoms with van der Waals surface area (Å²) in [5.41, 5.74) is 0.0587. The van der Waals surface area contributed by atoms with Crippen LogP contribution in [-0.4, -0.2) is 47.7 Å². The fourth-order valence-corrected chi connectivity index (χ4v) is 4.26. The molecule has 0 amide bonds.